The Morgan fingerprint density at radius 1 is 1.00 bits per heavy atom. The largest absolute Gasteiger partial charge is 0.445 e. The Morgan fingerprint density at radius 2 is 1.78 bits per heavy atom. The van der Waals surface area contributed by atoms with Crippen LogP contribution in [0.5, 0.6) is 0 Å². The number of benzene rings is 1. The van der Waals surface area contributed by atoms with Crippen molar-refractivity contribution in [2.45, 2.75) is 57.4 Å². The predicted octanol–water partition coefficient (Wildman–Crippen LogP) is 4.13. The summed E-state index contributed by atoms with van der Waals surface area (Å²) in [4.78, 5) is 22.0. The van der Waals surface area contributed by atoms with Crippen LogP contribution in [0.1, 0.15) is 72.1 Å². The Hall–Kier alpha value is -2.30. The summed E-state index contributed by atoms with van der Waals surface area (Å²) in [6.45, 7) is 3.52. The second kappa shape index (κ2) is 7.02. The molecule has 27 heavy (non-hydrogen) atoms. The van der Waals surface area contributed by atoms with E-state index in [4.69, 9.17) is 9.40 Å². The molecule has 0 radical (unpaired) electrons. The molecule has 1 aliphatic carbocycles. The molecule has 1 aromatic heterocycles. The van der Waals surface area contributed by atoms with E-state index < -0.39 is 0 Å². The summed E-state index contributed by atoms with van der Waals surface area (Å²) in [5, 5.41) is 0. The number of hydrogen-bond acceptors (Lipinski definition) is 4. The maximum atomic E-state index is 13.0. The number of aromatic nitrogens is 1. The van der Waals surface area contributed by atoms with Crippen molar-refractivity contribution < 1.29 is 9.21 Å². The molecule has 2 aromatic rings. The highest BCUT2D eigenvalue weighted by molar-refractivity contribution is 5.94. The second-order valence-corrected chi connectivity index (χ2v) is 8.12. The lowest BCUT2D eigenvalue weighted by Gasteiger charge is -2.29. The molecule has 0 N–H and O–H groups in total. The standard InChI is InChI=1S/C22H27N3O2/c26-22(17-7-9-18(10-8-17)24-12-2-1-3-13-24)25-14-11-20-19(15-25)23-21(27-20)16-5-4-6-16/h7-10,16H,1-6,11-15H2. The molecule has 1 aromatic carbocycles. The number of piperidine rings is 1. The SMILES string of the molecule is O=C(c1ccc(N2CCCCC2)cc1)N1CCc2oc(C3CCC3)nc2C1. The molecular formula is C22H27N3O2. The topological polar surface area (TPSA) is 49.6 Å². The lowest BCUT2D eigenvalue weighted by Crippen LogP contribution is -2.36. The maximum absolute atomic E-state index is 13.0. The van der Waals surface area contributed by atoms with E-state index in [1.165, 1.54) is 44.2 Å². The number of nitrogens with zero attached hydrogens (tertiary/aromatic N) is 3. The molecule has 5 rings (SSSR count). The first-order valence-corrected chi connectivity index (χ1v) is 10.4. The van der Waals surface area contributed by atoms with Crippen molar-refractivity contribution in [3.8, 4) is 0 Å². The molecular weight excluding hydrogens is 338 g/mol. The molecule has 1 saturated carbocycles. The minimum atomic E-state index is 0.0963. The zero-order chi connectivity index (χ0) is 18.2. The Labute approximate surface area is 160 Å². The summed E-state index contributed by atoms with van der Waals surface area (Å²) in [5.74, 6) is 2.48. The van der Waals surface area contributed by atoms with Gasteiger partial charge in [0.1, 0.15) is 11.5 Å². The van der Waals surface area contributed by atoms with Gasteiger partial charge >= 0.3 is 0 Å². The molecule has 0 atom stereocenters. The van der Waals surface area contributed by atoms with E-state index in [1.807, 2.05) is 17.0 Å². The fourth-order valence-electron chi connectivity index (χ4n) is 4.37. The molecule has 0 spiro atoms. The van der Waals surface area contributed by atoms with Gasteiger partial charge in [-0.25, -0.2) is 4.98 Å². The van der Waals surface area contributed by atoms with Crippen molar-refractivity contribution in [2.75, 3.05) is 24.5 Å². The van der Waals surface area contributed by atoms with Crippen LogP contribution in [0, 0.1) is 0 Å². The predicted molar refractivity (Wildman–Crippen MR) is 104 cm³/mol. The summed E-state index contributed by atoms with van der Waals surface area (Å²) >= 11 is 0. The smallest absolute Gasteiger partial charge is 0.254 e. The molecule has 1 saturated heterocycles. The third-order valence-electron chi connectivity index (χ3n) is 6.32. The highest BCUT2D eigenvalue weighted by atomic mass is 16.4. The molecule has 2 aliphatic heterocycles. The van der Waals surface area contributed by atoms with Gasteiger partial charge in [-0.3, -0.25) is 4.79 Å². The van der Waals surface area contributed by atoms with Crippen LogP contribution < -0.4 is 4.90 Å². The van der Waals surface area contributed by atoms with Gasteiger partial charge in [0, 0.05) is 43.2 Å². The molecule has 5 heteroatoms. The van der Waals surface area contributed by atoms with E-state index in [-0.39, 0.29) is 5.91 Å². The van der Waals surface area contributed by atoms with Crippen LogP contribution >= 0.6 is 0 Å². The molecule has 3 aliphatic rings. The molecule has 3 heterocycles. The average molecular weight is 365 g/mol. The van der Waals surface area contributed by atoms with Crippen LogP contribution in [-0.4, -0.2) is 35.4 Å². The lowest BCUT2D eigenvalue weighted by atomic mass is 9.85. The molecule has 5 nitrogen and oxygen atoms in total. The number of anilines is 1. The van der Waals surface area contributed by atoms with Crippen molar-refractivity contribution >= 4 is 11.6 Å². The van der Waals surface area contributed by atoms with Gasteiger partial charge in [0.15, 0.2) is 5.89 Å². The zero-order valence-electron chi connectivity index (χ0n) is 15.8. The van der Waals surface area contributed by atoms with Gasteiger partial charge in [-0.05, 0) is 56.4 Å². The van der Waals surface area contributed by atoms with E-state index in [9.17, 15) is 4.79 Å². The van der Waals surface area contributed by atoms with Crippen molar-refractivity contribution in [3.05, 3.63) is 47.2 Å². The monoisotopic (exact) mass is 365 g/mol. The van der Waals surface area contributed by atoms with Gasteiger partial charge in [-0.1, -0.05) is 6.42 Å². The summed E-state index contributed by atoms with van der Waals surface area (Å²) in [6, 6.07) is 8.15. The molecule has 1 amide bonds. The van der Waals surface area contributed by atoms with Crippen molar-refractivity contribution in [3.63, 3.8) is 0 Å². The third kappa shape index (κ3) is 3.24. The van der Waals surface area contributed by atoms with Gasteiger partial charge in [0.05, 0.1) is 6.54 Å². The number of fused-ring (bicyclic) bond motifs is 1. The lowest BCUT2D eigenvalue weighted by molar-refractivity contribution is 0.0728. The van der Waals surface area contributed by atoms with Crippen LogP contribution in [0.15, 0.2) is 28.7 Å². The number of hydrogen-bond donors (Lipinski definition) is 0. The molecule has 0 unspecified atom stereocenters. The van der Waals surface area contributed by atoms with Crippen LogP contribution in [0.2, 0.25) is 0 Å². The Morgan fingerprint density at radius 3 is 2.48 bits per heavy atom. The van der Waals surface area contributed by atoms with Crippen molar-refractivity contribution in [1.82, 2.24) is 9.88 Å². The highest BCUT2D eigenvalue weighted by Crippen LogP contribution is 2.37. The molecule has 0 bridgehead atoms. The minimum Gasteiger partial charge on any atom is -0.445 e. The van der Waals surface area contributed by atoms with Crippen LogP contribution in [-0.2, 0) is 13.0 Å². The number of rotatable bonds is 3. The van der Waals surface area contributed by atoms with Crippen LogP contribution in [0.4, 0.5) is 5.69 Å². The Bertz CT molecular complexity index is 817. The summed E-state index contributed by atoms with van der Waals surface area (Å²) < 4.78 is 5.97. The fraction of sp³-hybridized carbons (Fsp3) is 0.545. The van der Waals surface area contributed by atoms with E-state index in [2.05, 4.69) is 17.0 Å². The second-order valence-electron chi connectivity index (χ2n) is 8.12. The minimum absolute atomic E-state index is 0.0963. The molecule has 142 valence electrons. The van der Waals surface area contributed by atoms with Crippen LogP contribution in [0.25, 0.3) is 0 Å². The van der Waals surface area contributed by atoms with Gasteiger partial charge < -0.3 is 14.2 Å². The van der Waals surface area contributed by atoms with Crippen LogP contribution in [0.3, 0.4) is 0 Å². The van der Waals surface area contributed by atoms with E-state index in [0.29, 0.717) is 19.0 Å². The summed E-state index contributed by atoms with van der Waals surface area (Å²) in [6.07, 6.45) is 8.27. The first-order chi connectivity index (χ1) is 13.3. The summed E-state index contributed by atoms with van der Waals surface area (Å²) in [5.41, 5.74) is 2.96. The first-order valence-electron chi connectivity index (χ1n) is 10.4. The number of amides is 1. The van der Waals surface area contributed by atoms with Gasteiger partial charge in [0.2, 0.25) is 0 Å². The average Bonchev–Trinajstić information content (AvgIpc) is 3.09. The number of oxazole rings is 1. The zero-order valence-corrected chi connectivity index (χ0v) is 15.8. The van der Waals surface area contributed by atoms with E-state index >= 15 is 0 Å². The summed E-state index contributed by atoms with van der Waals surface area (Å²) in [7, 11) is 0. The van der Waals surface area contributed by atoms with Gasteiger partial charge in [-0.15, -0.1) is 0 Å². The third-order valence-corrected chi connectivity index (χ3v) is 6.32. The number of carbonyl (C=O) groups is 1. The molecule has 2 fully saturated rings. The highest BCUT2D eigenvalue weighted by Gasteiger charge is 2.30. The van der Waals surface area contributed by atoms with E-state index in [1.54, 1.807) is 0 Å². The first kappa shape index (κ1) is 16.8. The van der Waals surface area contributed by atoms with Gasteiger partial charge in [0.25, 0.3) is 5.91 Å². The quantitative estimate of drug-likeness (QED) is 0.821. The van der Waals surface area contributed by atoms with Crippen molar-refractivity contribution in [2.24, 2.45) is 0 Å². The van der Waals surface area contributed by atoms with Crippen molar-refractivity contribution in [1.29, 1.82) is 0 Å². The fourth-order valence-corrected chi connectivity index (χ4v) is 4.37. The normalized spacial score (nSPS) is 20.3. The number of carbonyl (C=O) groups excluding carboxylic acids is 1. The Balaban J connectivity index is 1.27. The van der Waals surface area contributed by atoms with Gasteiger partial charge in [-0.2, -0.15) is 0 Å². The maximum Gasteiger partial charge on any atom is 0.254 e. The van der Waals surface area contributed by atoms with E-state index in [0.717, 1.165) is 42.4 Å². The Kier molecular flexibility index (Phi) is 4.38.